The van der Waals surface area contributed by atoms with Crippen molar-refractivity contribution in [2.45, 2.75) is 69.0 Å². The summed E-state index contributed by atoms with van der Waals surface area (Å²) in [5.41, 5.74) is 0.824. The lowest BCUT2D eigenvalue weighted by Crippen LogP contribution is -2.54. The molecule has 0 saturated heterocycles. The van der Waals surface area contributed by atoms with Crippen molar-refractivity contribution in [3.63, 3.8) is 0 Å². The molecule has 41 heavy (non-hydrogen) atoms. The maximum atomic E-state index is 14.2. The van der Waals surface area contributed by atoms with E-state index in [1.807, 2.05) is 6.92 Å². The fourth-order valence-electron chi connectivity index (χ4n) is 5.16. The lowest BCUT2D eigenvalue weighted by atomic mass is 9.95. The first kappa shape index (κ1) is 30.9. The van der Waals surface area contributed by atoms with Gasteiger partial charge in [0.1, 0.15) is 12.6 Å². The number of amides is 2. The lowest BCUT2D eigenvalue weighted by molar-refractivity contribution is -0.140. The minimum Gasteiger partial charge on any atom is -0.352 e. The third-order valence-electron chi connectivity index (χ3n) is 7.38. The first-order valence-electron chi connectivity index (χ1n) is 13.9. The number of sulfonamides is 1. The van der Waals surface area contributed by atoms with Crippen molar-refractivity contribution >= 4 is 50.7 Å². The molecule has 1 aliphatic rings. The van der Waals surface area contributed by atoms with Gasteiger partial charge in [0.25, 0.3) is 10.0 Å². The Kier molecular flexibility index (Phi) is 10.7. The van der Waals surface area contributed by atoms with Crippen molar-refractivity contribution in [2.75, 3.05) is 10.8 Å². The number of benzene rings is 3. The third-order valence-corrected chi connectivity index (χ3v) is 9.88. The molecule has 2 amide bonds. The number of nitrogens with zero attached hydrogens (tertiary/aromatic N) is 2. The second-order valence-electron chi connectivity index (χ2n) is 10.1. The molecule has 1 saturated carbocycles. The van der Waals surface area contributed by atoms with Gasteiger partial charge in [-0.2, -0.15) is 0 Å². The molecule has 0 spiro atoms. The molecule has 1 fully saturated rings. The number of carbonyl (C=O) groups excluding carboxylic acids is 2. The molecule has 1 unspecified atom stereocenters. The summed E-state index contributed by atoms with van der Waals surface area (Å²) in [5.74, 6) is -0.817. The van der Waals surface area contributed by atoms with Crippen LogP contribution >= 0.6 is 23.2 Å². The summed E-state index contributed by atoms with van der Waals surface area (Å²) in [7, 11) is -4.11. The summed E-state index contributed by atoms with van der Waals surface area (Å²) in [6.07, 6.45) is 5.34. The van der Waals surface area contributed by atoms with E-state index in [0.717, 1.165) is 36.4 Å². The van der Waals surface area contributed by atoms with Crippen LogP contribution in [0.4, 0.5) is 5.69 Å². The number of halogens is 2. The van der Waals surface area contributed by atoms with Crippen LogP contribution in [0.25, 0.3) is 0 Å². The van der Waals surface area contributed by atoms with Crippen LogP contribution in [0.15, 0.2) is 83.8 Å². The molecular formula is C31H35Cl2N3O4S. The van der Waals surface area contributed by atoms with Crippen LogP contribution < -0.4 is 9.62 Å². The Hall–Kier alpha value is -3.07. The molecule has 1 N–H and O–H groups in total. The van der Waals surface area contributed by atoms with Gasteiger partial charge in [-0.3, -0.25) is 13.9 Å². The van der Waals surface area contributed by atoms with E-state index >= 15 is 0 Å². The van der Waals surface area contributed by atoms with Gasteiger partial charge in [0, 0.05) is 28.2 Å². The predicted molar refractivity (Wildman–Crippen MR) is 164 cm³/mol. The second kappa shape index (κ2) is 14.2. The molecule has 7 nitrogen and oxygen atoms in total. The molecule has 0 heterocycles. The first-order valence-corrected chi connectivity index (χ1v) is 16.1. The molecular weight excluding hydrogens is 581 g/mol. The molecule has 0 radical (unpaired) electrons. The lowest BCUT2D eigenvalue weighted by Gasteiger charge is -2.34. The fourth-order valence-corrected chi connectivity index (χ4v) is 7.11. The second-order valence-corrected chi connectivity index (χ2v) is 12.8. The molecule has 10 heteroatoms. The Balaban J connectivity index is 1.71. The van der Waals surface area contributed by atoms with Crippen molar-refractivity contribution in [1.29, 1.82) is 0 Å². The van der Waals surface area contributed by atoms with Crippen LogP contribution in [-0.2, 0) is 26.2 Å². The fraction of sp³-hybridized carbons (Fsp3) is 0.355. The van der Waals surface area contributed by atoms with Crippen LogP contribution in [0.5, 0.6) is 0 Å². The highest BCUT2D eigenvalue weighted by Crippen LogP contribution is 2.29. The van der Waals surface area contributed by atoms with Crippen LogP contribution in [0.1, 0.15) is 51.0 Å². The molecule has 218 valence electrons. The topological polar surface area (TPSA) is 86.8 Å². The van der Waals surface area contributed by atoms with E-state index in [-0.39, 0.29) is 23.4 Å². The number of hydrogen-bond donors (Lipinski definition) is 1. The summed E-state index contributed by atoms with van der Waals surface area (Å²) < 4.78 is 28.7. The average molecular weight is 617 g/mol. The number of hydrogen-bond acceptors (Lipinski definition) is 4. The Bertz CT molecular complexity index is 1410. The summed E-state index contributed by atoms with van der Waals surface area (Å²) in [5, 5.41) is 3.84. The van der Waals surface area contributed by atoms with Crippen molar-refractivity contribution < 1.29 is 18.0 Å². The number of para-hydroxylation sites is 1. The van der Waals surface area contributed by atoms with E-state index < -0.39 is 28.5 Å². The van der Waals surface area contributed by atoms with Gasteiger partial charge in [-0.1, -0.05) is 91.9 Å². The van der Waals surface area contributed by atoms with Crippen molar-refractivity contribution in [3.8, 4) is 0 Å². The third kappa shape index (κ3) is 7.61. The minimum absolute atomic E-state index is 0.0467. The minimum atomic E-state index is -4.11. The van der Waals surface area contributed by atoms with Gasteiger partial charge in [0.2, 0.25) is 11.8 Å². The Morgan fingerprint density at radius 1 is 0.878 bits per heavy atom. The summed E-state index contributed by atoms with van der Waals surface area (Å²) in [6, 6.07) is 20.7. The number of anilines is 1. The maximum absolute atomic E-state index is 14.2. The molecule has 1 atom stereocenters. The van der Waals surface area contributed by atoms with E-state index in [9.17, 15) is 18.0 Å². The Labute approximate surface area is 252 Å². The molecule has 4 rings (SSSR count). The molecule has 0 aliphatic heterocycles. The number of nitrogens with one attached hydrogen (secondary N) is 1. The maximum Gasteiger partial charge on any atom is 0.264 e. The molecule has 0 aromatic heterocycles. The Morgan fingerprint density at radius 2 is 1.46 bits per heavy atom. The van der Waals surface area contributed by atoms with E-state index in [1.54, 1.807) is 66.7 Å². The van der Waals surface area contributed by atoms with Gasteiger partial charge in [-0.05, 0) is 55.7 Å². The summed E-state index contributed by atoms with van der Waals surface area (Å²) in [4.78, 5) is 29.3. The van der Waals surface area contributed by atoms with Gasteiger partial charge >= 0.3 is 0 Å². The zero-order valence-electron chi connectivity index (χ0n) is 23.0. The van der Waals surface area contributed by atoms with Gasteiger partial charge < -0.3 is 10.2 Å². The predicted octanol–water partition coefficient (Wildman–Crippen LogP) is 6.45. The standard InChI is InChI=1S/C31H35Cl2N3O4S/c1-2-29(31(38)34-23-13-6-3-7-14-23)35(21-26-27(32)19-12-20-28(26)33)30(37)22-36(24-15-8-4-9-16-24)41(39,40)25-17-10-5-11-18-25/h4-5,8-12,15-20,23,29H,2-3,6-7,13-14,21-22H2,1H3,(H,34,38). The van der Waals surface area contributed by atoms with Crippen LogP contribution in [0.3, 0.4) is 0 Å². The van der Waals surface area contributed by atoms with E-state index in [1.165, 1.54) is 17.0 Å². The van der Waals surface area contributed by atoms with Crippen molar-refractivity contribution in [1.82, 2.24) is 10.2 Å². The van der Waals surface area contributed by atoms with Crippen molar-refractivity contribution in [2.24, 2.45) is 0 Å². The monoisotopic (exact) mass is 615 g/mol. The van der Waals surface area contributed by atoms with E-state index in [0.29, 0.717) is 27.7 Å². The van der Waals surface area contributed by atoms with Crippen molar-refractivity contribution in [3.05, 3.63) is 94.5 Å². The average Bonchev–Trinajstić information content (AvgIpc) is 2.98. The molecule has 3 aromatic rings. The first-order chi connectivity index (χ1) is 19.7. The quantitative estimate of drug-likeness (QED) is 0.269. The molecule has 1 aliphatic carbocycles. The van der Waals surface area contributed by atoms with E-state index in [2.05, 4.69) is 5.32 Å². The smallest absolute Gasteiger partial charge is 0.264 e. The summed E-state index contributed by atoms with van der Waals surface area (Å²) >= 11 is 13.0. The number of rotatable bonds is 11. The van der Waals surface area contributed by atoms with Crippen LogP contribution in [-0.4, -0.2) is 43.8 Å². The molecule has 3 aromatic carbocycles. The van der Waals surface area contributed by atoms with Gasteiger partial charge in [-0.15, -0.1) is 0 Å². The normalized spacial score (nSPS) is 14.7. The van der Waals surface area contributed by atoms with Gasteiger partial charge in [0.05, 0.1) is 10.6 Å². The highest BCUT2D eigenvalue weighted by Gasteiger charge is 2.35. The van der Waals surface area contributed by atoms with E-state index in [4.69, 9.17) is 23.2 Å². The molecule has 0 bridgehead atoms. The highest BCUT2D eigenvalue weighted by molar-refractivity contribution is 7.92. The van der Waals surface area contributed by atoms with Crippen LogP contribution in [0, 0.1) is 0 Å². The summed E-state index contributed by atoms with van der Waals surface area (Å²) in [6.45, 7) is 1.26. The number of carbonyl (C=O) groups is 2. The zero-order chi connectivity index (χ0) is 29.4. The highest BCUT2D eigenvalue weighted by atomic mass is 35.5. The van der Waals surface area contributed by atoms with Gasteiger partial charge in [0.15, 0.2) is 0 Å². The van der Waals surface area contributed by atoms with Gasteiger partial charge in [-0.25, -0.2) is 8.42 Å². The Morgan fingerprint density at radius 3 is 2.05 bits per heavy atom. The largest absolute Gasteiger partial charge is 0.352 e. The SMILES string of the molecule is CCC(C(=O)NC1CCCCC1)N(Cc1c(Cl)cccc1Cl)C(=O)CN(c1ccccc1)S(=O)(=O)c1ccccc1. The zero-order valence-corrected chi connectivity index (χ0v) is 25.3. The van der Waals surface area contributed by atoms with Crippen LogP contribution in [0.2, 0.25) is 10.0 Å².